The molecule has 0 bridgehead atoms. The third-order valence-corrected chi connectivity index (χ3v) is 4.02. The van der Waals surface area contributed by atoms with Gasteiger partial charge < -0.3 is 21.7 Å². The Morgan fingerprint density at radius 2 is 2.12 bits per heavy atom. The molecule has 1 heterocycles. The Morgan fingerprint density at radius 3 is 2.82 bits per heavy atom. The van der Waals surface area contributed by atoms with E-state index in [2.05, 4.69) is 16.0 Å². The molecule has 0 aromatic heterocycles. The molecule has 5 N–H and O–H groups in total. The summed E-state index contributed by atoms with van der Waals surface area (Å²) in [6.07, 6.45) is 6.56. The number of amides is 2. The van der Waals surface area contributed by atoms with Crippen molar-refractivity contribution < 1.29 is 4.79 Å². The number of nitrogens with two attached hydrogens (primary N) is 1. The van der Waals surface area contributed by atoms with Gasteiger partial charge in [-0.15, -0.1) is 0 Å². The maximum Gasteiger partial charge on any atom is 0.312 e. The summed E-state index contributed by atoms with van der Waals surface area (Å²) >= 11 is 0. The van der Waals surface area contributed by atoms with Crippen LogP contribution in [-0.4, -0.2) is 37.7 Å². The Labute approximate surface area is 103 Å². The highest BCUT2D eigenvalue weighted by Crippen LogP contribution is 2.31. The second-order valence-electron chi connectivity index (χ2n) is 5.15. The van der Waals surface area contributed by atoms with Crippen LogP contribution >= 0.6 is 0 Å². The lowest BCUT2D eigenvalue weighted by Gasteiger charge is -2.26. The van der Waals surface area contributed by atoms with E-state index in [-0.39, 0.29) is 0 Å². The van der Waals surface area contributed by atoms with Crippen LogP contribution < -0.4 is 21.7 Å². The van der Waals surface area contributed by atoms with Gasteiger partial charge in [0, 0.05) is 25.2 Å². The van der Waals surface area contributed by atoms with Gasteiger partial charge in [0.15, 0.2) is 0 Å². The highest BCUT2D eigenvalue weighted by molar-refractivity contribution is 5.71. The van der Waals surface area contributed by atoms with Gasteiger partial charge in [-0.2, -0.15) is 0 Å². The molecule has 5 heteroatoms. The van der Waals surface area contributed by atoms with Crippen LogP contribution in [0.25, 0.3) is 0 Å². The lowest BCUT2D eigenvalue weighted by Crippen LogP contribution is -2.45. The Morgan fingerprint density at radius 1 is 1.24 bits per heavy atom. The molecule has 0 radical (unpaired) electrons. The molecular weight excluding hydrogens is 216 g/mol. The van der Waals surface area contributed by atoms with E-state index >= 15 is 0 Å². The lowest BCUT2D eigenvalue weighted by atomic mass is 9.93. The molecule has 1 aliphatic heterocycles. The maximum atomic E-state index is 10.5. The van der Waals surface area contributed by atoms with Crippen LogP contribution in [0.5, 0.6) is 0 Å². The first kappa shape index (κ1) is 12.6. The molecule has 2 aliphatic rings. The highest BCUT2D eigenvalue weighted by atomic mass is 16.2. The molecule has 0 aromatic rings. The minimum absolute atomic E-state index is 0.438. The van der Waals surface area contributed by atoms with Crippen LogP contribution in [0.1, 0.15) is 32.1 Å². The van der Waals surface area contributed by atoms with Gasteiger partial charge in [0.05, 0.1) is 0 Å². The summed E-state index contributed by atoms with van der Waals surface area (Å²) in [4.78, 5) is 10.5. The van der Waals surface area contributed by atoms with Crippen LogP contribution in [0.4, 0.5) is 4.79 Å². The van der Waals surface area contributed by atoms with Gasteiger partial charge in [0.2, 0.25) is 0 Å². The van der Waals surface area contributed by atoms with E-state index in [0.717, 1.165) is 12.5 Å². The van der Waals surface area contributed by atoms with E-state index in [9.17, 15) is 4.79 Å². The Kier molecular flexibility index (Phi) is 4.62. The number of urea groups is 1. The second kappa shape index (κ2) is 6.21. The standard InChI is InChI=1S/C12H24N4O/c13-12(17)16-8-7-15-10-4-1-3-9(10)11-5-2-6-14-11/h9-11,14-15H,1-8H2,(H3,13,16,17). The van der Waals surface area contributed by atoms with Gasteiger partial charge in [0.1, 0.15) is 0 Å². The van der Waals surface area contributed by atoms with E-state index in [1.165, 1.54) is 38.6 Å². The van der Waals surface area contributed by atoms with Gasteiger partial charge in [-0.3, -0.25) is 0 Å². The number of rotatable bonds is 5. The summed E-state index contributed by atoms with van der Waals surface area (Å²) in [5, 5.41) is 9.78. The van der Waals surface area contributed by atoms with Crippen molar-refractivity contribution >= 4 is 6.03 Å². The van der Waals surface area contributed by atoms with Crippen LogP contribution in [0.15, 0.2) is 0 Å². The fourth-order valence-electron chi connectivity index (χ4n) is 3.24. The van der Waals surface area contributed by atoms with Gasteiger partial charge >= 0.3 is 6.03 Å². The van der Waals surface area contributed by atoms with Gasteiger partial charge in [0.25, 0.3) is 0 Å². The summed E-state index contributed by atoms with van der Waals surface area (Å²) in [5.74, 6) is 0.770. The molecule has 2 amide bonds. The zero-order chi connectivity index (χ0) is 12.1. The average molecular weight is 240 g/mol. The van der Waals surface area contributed by atoms with Gasteiger partial charge in [-0.25, -0.2) is 4.79 Å². The first-order valence-electron chi connectivity index (χ1n) is 6.77. The van der Waals surface area contributed by atoms with Crippen molar-refractivity contribution in [2.75, 3.05) is 19.6 Å². The molecule has 5 nitrogen and oxygen atoms in total. The predicted octanol–water partition coefficient (Wildman–Crippen LogP) is 0.165. The molecular formula is C12H24N4O. The van der Waals surface area contributed by atoms with E-state index in [1.54, 1.807) is 0 Å². The smallest absolute Gasteiger partial charge is 0.312 e. The topological polar surface area (TPSA) is 79.2 Å². The number of hydrogen-bond donors (Lipinski definition) is 4. The molecule has 1 saturated carbocycles. The quantitative estimate of drug-likeness (QED) is 0.517. The van der Waals surface area contributed by atoms with E-state index in [4.69, 9.17) is 5.73 Å². The van der Waals surface area contributed by atoms with Crippen LogP contribution in [0.3, 0.4) is 0 Å². The molecule has 17 heavy (non-hydrogen) atoms. The summed E-state index contributed by atoms with van der Waals surface area (Å²) in [7, 11) is 0. The van der Waals surface area contributed by atoms with Crippen LogP contribution in [0.2, 0.25) is 0 Å². The molecule has 1 aliphatic carbocycles. The second-order valence-corrected chi connectivity index (χ2v) is 5.15. The monoisotopic (exact) mass is 240 g/mol. The summed E-state index contributed by atoms with van der Waals surface area (Å²) in [5.41, 5.74) is 5.03. The zero-order valence-corrected chi connectivity index (χ0v) is 10.4. The Bertz CT molecular complexity index is 253. The maximum absolute atomic E-state index is 10.5. The summed E-state index contributed by atoms with van der Waals surface area (Å²) in [6.45, 7) is 2.62. The molecule has 3 unspecified atom stereocenters. The summed E-state index contributed by atoms with van der Waals surface area (Å²) in [6, 6.07) is 0.881. The molecule has 1 saturated heterocycles. The average Bonchev–Trinajstić information content (AvgIpc) is 2.94. The molecule has 0 aromatic carbocycles. The van der Waals surface area contributed by atoms with Crippen molar-refractivity contribution in [1.82, 2.24) is 16.0 Å². The fourth-order valence-corrected chi connectivity index (χ4v) is 3.24. The van der Waals surface area contributed by atoms with Crippen molar-refractivity contribution in [1.29, 1.82) is 0 Å². The SMILES string of the molecule is NC(=O)NCCNC1CCCC1C1CCCN1. The van der Waals surface area contributed by atoms with E-state index < -0.39 is 6.03 Å². The first-order valence-corrected chi connectivity index (χ1v) is 6.77. The van der Waals surface area contributed by atoms with Gasteiger partial charge in [-0.05, 0) is 38.1 Å². The van der Waals surface area contributed by atoms with Gasteiger partial charge in [-0.1, -0.05) is 6.42 Å². The fraction of sp³-hybridized carbons (Fsp3) is 0.917. The number of carbonyl (C=O) groups excluding carboxylic acids is 1. The normalized spacial score (nSPS) is 32.8. The van der Waals surface area contributed by atoms with Crippen molar-refractivity contribution in [2.24, 2.45) is 11.7 Å². The minimum atomic E-state index is -0.438. The molecule has 98 valence electrons. The van der Waals surface area contributed by atoms with Crippen molar-refractivity contribution in [3.63, 3.8) is 0 Å². The number of hydrogen-bond acceptors (Lipinski definition) is 3. The number of nitrogens with one attached hydrogen (secondary N) is 3. The molecule has 2 rings (SSSR count). The largest absolute Gasteiger partial charge is 0.352 e. The number of primary amides is 1. The highest BCUT2D eigenvalue weighted by Gasteiger charge is 2.34. The molecule has 3 atom stereocenters. The van der Waals surface area contributed by atoms with Crippen molar-refractivity contribution in [3.05, 3.63) is 0 Å². The zero-order valence-electron chi connectivity index (χ0n) is 10.4. The van der Waals surface area contributed by atoms with Crippen molar-refractivity contribution in [3.8, 4) is 0 Å². The lowest BCUT2D eigenvalue weighted by molar-refractivity contribution is 0.248. The van der Waals surface area contributed by atoms with Crippen LogP contribution in [-0.2, 0) is 0 Å². The first-order chi connectivity index (χ1) is 8.27. The molecule has 0 spiro atoms. The third kappa shape index (κ3) is 3.57. The van der Waals surface area contributed by atoms with E-state index in [1.807, 2.05) is 0 Å². The molecule has 2 fully saturated rings. The van der Waals surface area contributed by atoms with Crippen molar-refractivity contribution in [2.45, 2.75) is 44.2 Å². The van der Waals surface area contributed by atoms with E-state index in [0.29, 0.717) is 18.6 Å². The summed E-state index contributed by atoms with van der Waals surface area (Å²) < 4.78 is 0. The number of carbonyl (C=O) groups is 1. The third-order valence-electron chi connectivity index (χ3n) is 4.02. The van der Waals surface area contributed by atoms with Crippen LogP contribution in [0, 0.1) is 5.92 Å². The predicted molar refractivity (Wildman–Crippen MR) is 67.7 cm³/mol. The Balaban J connectivity index is 1.69. The minimum Gasteiger partial charge on any atom is -0.352 e. The Hall–Kier alpha value is -0.810.